The Morgan fingerprint density at radius 1 is 0.706 bits per heavy atom. The molecule has 0 spiro atoms. The Hall–Kier alpha value is -0.120. The van der Waals surface area contributed by atoms with Gasteiger partial charge in [0.25, 0.3) is 0 Å². The highest BCUT2D eigenvalue weighted by molar-refractivity contribution is 4.89. The Labute approximate surface area is 105 Å². The molecule has 0 amide bonds. The number of hydrogen-bond acceptors (Lipinski definition) is 3. The van der Waals surface area contributed by atoms with Gasteiger partial charge in [0, 0.05) is 38.3 Å². The highest BCUT2D eigenvalue weighted by Crippen LogP contribution is 2.28. The fourth-order valence-corrected chi connectivity index (χ4v) is 3.70. The third-order valence-corrected chi connectivity index (χ3v) is 5.10. The molecule has 3 fully saturated rings. The van der Waals surface area contributed by atoms with Crippen LogP contribution < -0.4 is 0 Å². The van der Waals surface area contributed by atoms with Gasteiger partial charge in [0.05, 0.1) is 6.10 Å². The van der Waals surface area contributed by atoms with Crippen LogP contribution in [0.15, 0.2) is 0 Å². The van der Waals surface area contributed by atoms with Gasteiger partial charge in [0.15, 0.2) is 0 Å². The van der Waals surface area contributed by atoms with Gasteiger partial charge in [-0.25, -0.2) is 0 Å². The lowest BCUT2D eigenvalue weighted by atomic mass is 9.89. The summed E-state index contributed by atoms with van der Waals surface area (Å²) in [6, 6.07) is 1.36. The lowest BCUT2D eigenvalue weighted by Crippen LogP contribution is -2.57. The summed E-state index contributed by atoms with van der Waals surface area (Å²) in [6.07, 6.45) is 8.99. The van der Waals surface area contributed by atoms with Gasteiger partial charge in [-0.3, -0.25) is 9.80 Å². The van der Waals surface area contributed by atoms with Crippen LogP contribution in [0.4, 0.5) is 0 Å². The van der Waals surface area contributed by atoms with E-state index in [9.17, 15) is 5.11 Å². The van der Waals surface area contributed by atoms with Gasteiger partial charge >= 0.3 is 0 Å². The summed E-state index contributed by atoms with van der Waals surface area (Å²) in [6.45, 7) is 4.82. The summed E-state index contributed by atoms with van der Waals surface area (Å²) in [7, 11) is 0. The third kappa shape index (κ3) is 2.51. The zero-order valence-electron chi connectivity index (χ0n) is 10.9. The largest absolute Gasteiger partial charge is 0.391 e. The standard InChI is InChI=1S/C14H26N2O/c17-14-7-2-1-6-13(14)16-10-8-15(9-11-16)12-4-3-5-12/h12-14,17H,1-11H2/t13-,14+/m1/s1. The number of hydrogen-bond donors (Lipinski definition) is 1. The Morgan fingerprint density at radius 3 is 1.94 bits per heavy atom. The minimum absolute atomic E-state index is 0.0565. The normalized spacial score (nSPS) is 37.9. The second-order valence-corrected chi connectivity index (χ2v) is 6.08. The van der Waals surface area contributed by atoms with Crippen LogP contribution in [0.3, 0.4) is 0 Å². The van der Waals surface area contributed by atoms with Crippen LogP contribution in [-0.2, 0) is 0 Å². The van der Waals surface area contributed by atoms with Gasteiger partial charge in [-0.2, -0.15) is 0 Å². The quantitative estimate of drug-likeness (QED) is 0.789. The van der Waals surface area contributed by atoms with E-state index < -0.39 is 0 Å². The van der Waals surface area contributed by atoms with Gasteiger partial charge in [-0.15, -0.1) is 0 Å². The predicted octanol–water partition coefficient (Wildman–Crippen LogP) is 1.46. The summed E-state index contributed by atoms with van der Waals surface area (Å²) < 4.78 is 0. The summed E-state index contributed by atoms with van der Waals surface area (Å²) in [5.41, 5.74) is 0. The SMILES string of the molecule is O[C@H]1CCCC[C@H]1N1CCN(C2CCC2)CC1. The molecule has 0 aromatic heterocycles. The van der Waals surface area contributed by atoms with Crippen LogP contribution in [0.25, 0.3) is 0 Å². The molecule has 3 nitrogen and oxygen atoms in total. The molecule has 0 unspecified atom stereocenters. The number of rotatable bonds is 2. The molecule has 0 radical (unpaired) electrons. The van der Waals surface area contributed by atoms with E-state index in [0.717, 1.165) is 12.5 Å². The smallest absolute Gasteiger partial charge is 0.0695 e. The lowest BCUT2D eigenvalue weighted by molar-refractivity contribution is -0.0179. The molecular weight excluding hydrogens is 212 g/mol. The van der Waals surface area contributed by atoms with Crippen LogP contribution in [0.2, 0.25) is 0 Å². The molecule has 2 saturated carbocycles. The van der Waals surface area contributed by atoms with Crippen molar-refractivity contribution in [3.63, 3.8) is 0 Å². The van der Waals surface area contributed by atoms with E-state index in [1.54, 1.807) is 0 Å². The maximum atomic E-state index is 10.1. The first kappa shape index (κ1) is 11.9. The van der Waals surface area contributed by atoms with Crippen LogP contribution in [0.5, 0.6) is 0 Å². The monoisotopic (exact) mass is 238 g/mol. The van der Waals surface area contributed by atoms with Crippen molar-refractivity contribution in [2.45, 2.75) is 63.1 Å². The van der Waals surface area contributed by atoms with Crippen molar-refractivity contribution in [1.82, 2.24) is 9.80 Å². The van der Waals surface area contributed by atoms with Crippen LogP contribution >= 0.6 is 0 Å². The average molecular weight is 238 g/mol. The van der Waals surface area contributed by atoms with E-state index >= 15 is 0 Å². The van der Waals surface area contributed by atoms with E-state index in [0.29, 0.717) is 6.04 Å². The van der Waals surface area contributed by atoms with E-state index in [2.05, 4.69) is 9.80 Å². The van der Waals surface area contributed by atoms with Crippen molar-refractivity contribution in [3.8, 4) is 0 Å². The Kier molecular flexibility index (Phi) is 3.69. The second-order valence-electron chi connectivity index (χ2n) is 6.08. The molecule has 2 aliphatic carbocycles. The van der Waals surface area contributed by atoms with E-state index in [1.807, 2.05) is 0 Å². The van der Waals surface area contributed by atoms with Crippen LogP contribution in [0.1, 0.15) is 44.9 Å². The van der Waals surface area contributed by atoms with Gasteiger partial charge in [-0.1, -0.05) is 19.3 Å². The first-order valence-corrected chi connectivity index (χ1v) is 7.51. The fourth-order valence-electron chi connectivity index (χ4n) is 3.70. The molecule has 98 valence electrons. The van der Waals surface area contributed by atoms with Crippen molar-refractivity contribution in [1.29, 1.82) is 0 Å². The molecule has 1 N–H and O–H groups in total. The molecule has 1 aliphatic heterocycles. The number of piperazine rings is 1. The Bertz CT molecular complexity index is 247. The maximum Gasteiger partial charge on any atom is 0.0695 e. The molecule has 3 heteroatoms. The maximum absolute atomic E-state index is 10.1. The molecule has 1 saturated heterocycles. The van der Waals surface area contributed by atoms with Crippen molar-refractivity contribution in [3.05, 3.63) is 0 Å². The van der Waals surface area contributed by atoms with Gasteiger partial charge < -0.3 is 5.11 Å². The molecule has 0 aromatic carbocycles. The highest BCUT2D eigenvalue weighted by Gasteiger charge is 2.33. The molecule has 0 aromatic rings. The molecule has 3 aliphatic rings. The summed E-state index contributed by atoms with van der Waals surface area (Å²) >= 11 is 0. The highest BCUT2D eigenvalue weighted by atomic mass is 16.3. The molecule has 3 rings (SSSR count). The molecular formula is C14H26N2O. The molecule has 1 heterocycles. The van der Waals surface area contributed by atoms with Gasteiger partial charge in [0.1, 0.15) is 0 Å². The molecule has 0 bridgehead atoms. The fraction of sp³-hybridized carbons (Fsp3) is 1.00. The van der Waals surface area contributed by atoms with Gasteiger partial charge in [0.2, 0.25) is 0 Å². The molecule has 17 heavy (non-hydrogen) atoms. The van der Waals surface area contributed by atoms with E-state index in [-0.39, 0.29) is 6.10 Å². The zero-order chi connectivity index (χ0) is 11.7. The minimum Gasteiger partial charge on any atom is -0.391 e. The lowest BCUT2D eigenvalue weighted by Gasteiger charge is -2.46. The topological polar surface area (TPSA) is 26.7 Å². The Morgan fingerprint density at radius 2 is 1.35 bits per heavy atom. The number of aliphatic hydroxyl groups is 1. The van der Waals surface area contributed by atoms with Crippen molar-refractivity contribution >= 4 is 0 Å². The van der Waals surface area contributed by atoms with Crippen molar-refractivity contribution < 1.29 is 5.11 Å². The van der Waals surface area contributed by atoms with Crippen LogP contribution in [0, 0.1) is 0 Å². The van der Waals surface area contributed by atoms with E-state index in [1.165, 1.54) is 64.7 Å². The first-order valence-electron chi connectivity index (χ1n) is 7.51. The first-order chi connectivity index (χ1) is 8.34. The Balaban J connectivity index is 1.49. The van der Waals surface area contributed by atoms with Crippen molar-refractivity contribution in [2.75, 3.05) is 26.2 Å². The number of nitrogens with zero attached hydrogens (tertiary/aromatic N) is 2. The predicted molar refractivity (Wildman–Crippen MR) is 69.0 cm³/mol. The molecule has 2 atom stereocenters. The van der Waals surface area contributed by atoms with Crippen LogP contribution in [-0.4, -0.2) is 59.3 Å². The number of aliphatic hydroxyl groups excluding tert-OH is 1. The average Bonchev–Trinajstić information content (AvgIpc) is 2.29. The van der Waals surface area contributed by atoms with E-state index in [4.69, 9.17) is 0 Å². The second kappa shape index (κ2) is 5.25. The summed E-state index contributed by atoms with van der Waals surface area (Å²) in [4.78, 5) is 5.23. The van der Waals surface area contributed by atoms with Crippen molar-refractivity contribution in [2.24, 2.45) is 0 Å². The summed E-state index contributed by atoms with van der Waals surface area (Å²) in [5, 5.41) is 10.1. The van der Waals surface area contributed by atoms with Gasteiger partial charge in [-0.05, 0) is 25.7 Å². The zero-order valence-corrected chi connectivity index (χ0v) is 10.9. The minimum atomic E-state index is -0.0565. The summed E-state index contributed by atoms with van der Waals surface area (Å²) in [5.74, 6) is 0. The third-order valence-electron chi connectivity index (χ3n) is 5.10.